The molecule has 2 unspecified atom stereocenters. The first-order valence-electron chi connectivity index (χ1n) is 8.05. The van der Waals surface area contributed by atoms with Crippen molar-refractivity contribution in [3.8, 4) is 0 Å². The molecule has 0 amide bonds. The Kier molecular flexibility index (Phi) is 7.69. The molecule has 1 aromatic carbocycles. The summed E-state index contributed by atoms with van der Waals surface area (Å²) in [6, 6.07) is 1.81. The minimum absolute atomic E-state index is 0. The summed E-state index contributed by atoms with van der Waals surface area (Å²) >= 11 is 0. The number of nitrogens with two attached hydrogens (primary N) is 1. The molecule has 2 rings (SSSR count). The van der Waals surface area contributed by atoms with Crippen molar-refractivity contribution in [3.05, 3.63) is 29.3 Å². The summed E-state index contributed by atoms with van der Waals surface area (Å²) in [6.07, 6.45) is -3.51. The molecule has 2 N–H and O–H groups in total. The predicted octanol–water partition coefficient (Wildman–Crippen LogP) is 2.66. The normalized spacial score (nSPS) is 21.4. The Labute approximate surface area is 162 Å². The number of sulfonamides is 1. The van der Waals surface area contributed by atoms with E-state index in [4.69, 9.17) is 5.73 Å². The molecule has 11 heteroatoms. The molecule has 0 radical (unpaired) electrons. The van der Waals surface area contributed by atoms with Gasteiger partial charge in [0.25, 0.3) is 0 Å². The van der Waals surface area contributed by atoms with Crippen molar-refractivity contribution in [2.75, 3.05) is 20.2 Å². The van der Waals surface area contributed by atoms with E-state index in [1.807, 2.05) is 6.92 Å². The molecule has 1 aliphatic rings. The summed E-state index contributed by atoms with van der Waals surface area (Å²) in [5.41, 5.74) is 3.61. The molecule has 1 aromatic rings. The molecular formula is C16H22ClF3N2O4S. The fourth-order valence-corrected chi connectivity index (χ4v) is 5.00. The van der Waals surface area contributed by atoms with Gasteiger partial charge >= 0.3 is 12.1 Å². The molecule has 1 aliphatic heterocycles. The van der Waals surface area contributed by atoms with Crippen LogP contribution in [0.2, 0.25) is 0 Å². The second kappa shape index (κ2) is 8.76. The Morgan fingerprint density at radius 2 is 2.00 bits per heavy atom. The first-order chi connectivity index (χ1) is 12.0. The van der Waals surface area contributed by atoms with Crippen LogP contribution in [0.25, 0.3) is 0 Å². The first-order valence-corrected chi connectivity index (χ1v) is 9.49. The molecule has 154 valence electrons. The molecule has 2 atom stereocenters. The minimum atomic E-state index is -4.91. The lowest BCUT2D eigenvalue weighted by molar-refractivity contribution is -0.138. The Bertz CT molecular complexity index is 786. The van der Waals surface area contributed by atoms with E-state index in [1.54, 1.807) is 0 Å². The maximum Gasteiger partial charge on any atom is 0.417 e. The summed E-state index contributed by atoms with van der Waals surface area (Å²) in [6.45, 7) is 2.13. The smallest absolute Gasteiger partial charge is 0.417 e. The highest BCUT2D eigenvalue weighted by Crippen LogP contribution is 2.36. The summed E-state index contributed by atoms with van der Waals surface area (Å²) in [4.78, 5) is 11.1. The molecule has 0 aromatic heterocycles. The lowest BCUT2D eigenvalue weighted by Gasteiger charge is -2.38. The number of methoxy groups -OCH3 is 1. The highest BCUT2D eigenvalue weighted by molar-refractivity contribution is 7.89. The Hall–Kier alpha value is -1.36. The van der Waals surface area contributed by atoms with Crippen LogP contribution in [0.5, 0.6) is 0 Å². The molecule has 0 bridgehead atoms. The van der Waals surface area contributed by atoms with Gasteiger partial charge in [-0.05, 0) is 37.0 Å². The van der Waals surface area contributed by atoms with E-state index in [0.717, 1.165) is 30.0 Å². The molecule has 1 heterocycles. The van der Waals surface area contributed by atoms with E-state index < -0.39 is 44.2 Å². The number of alkyl halides is 3. The fourth-order valence-electron chi connectivity index (χ4n) is 3.20. The van der Waals surface area contributed by atoms with Gasteiger partial charge in [0, 0.05) is 19.1 Å². The third-order valence-electron chi connectivity index (χ3n) is 4.61. The van der Waals surface area contributed by atoms with Crippen LogP contribution in [0.1, 0.15) is 35.7 Å². The Morgan fingerprint density at radius 1 is 1.37 bits per heavy atom. The highest BCUT2D eigenvalue weighted by atomic mass is 35.5. The number of carbonyl (C=O) groups is 1. The van der Waals surface area contributed by atoms with E-state index >= 15 is 0 Å². The highest BCUT2D eigenvalue weighted by Gasteiger charge is 2.40. The van der Waals surface area contributed by atoms with E-state index in [1.165, 1.54) is 0 Å². The van der Waals surface area contributed by atoms with Crippen molar-refractivity contribution in [2.45, 2.75) is 36.9 Å². The van der Waals surface area contributed by atoms with Crippen LogP contribution >= 0.6 is 12.4 Å². The number of rotatable bonds is 4. The number of hydrogen-bond acceptors (Lipinski definition) is 5. The lowest BCUT2D eigenvalue weighted by atomic mass is 9.93. The van der Waals surface area contributed by atoms with Gasteiger partial charge in [-0.3, -0.25) is 0 Å². The number of nitrogens with zero attached hydrogens (tertiary/aromatic N) is 1. The average Bonchev–Trinajstić information content (AvgIpc) is 2.59. The van der Waals surface area contributed by atoms with E-state index in [-0.39, 0.29) is 31.4 Å². The van der Waals surface area contributed by atoms with Crippen LogP contribution in [0.4, 0.5) is 13.2 Å². The van der Waals surface area contributed by atoms with Gasteiger partial charge in [-0.2, -0.15) is 17.5 Å². The quantitative estimate of drug-likeness (QED) is 0.742. The van der Waals surface area contributed by atoms with Crippen molar-refractivity contribution >= 4 is 28.4 Å². The van der Waals surface area contributed by atoms with Crippen molar-refractivity contribution < 1.29 is 31.1 Å². The zero-order valence-electron chi connectivity index (χ0n) is 14.8. The number of halogens is 4. The van der Waals surface area contributed by atoms with Gasteiger partial charge in [0.15, 0.2) is 0 Å². The zero-order valence-corrected chi connectivity index (χ0v) is 16.5. The van der Waals surface area contributed by atoms with Crippen LogP contribution in [-0.4, -0.2) is 44.9 Å². The summed E-state index contributed by atoms with van der Waals surface area (Å²) in [7, 11) is -3.23. The van der Waals surface area contributed by atoms with Crippen LogP contribution in [-0.2, 0) is 20.9 Å². The number of carbonyl (C=O) groups excluding carboxylic acids is 1. The van der Waals surface area contributed by atoms with Crippen LogP contribution < -0.4 is 5.73 Å². The molecule has 27 heavy (non-hydrogen) atoms. The topological polar surface area (TPSA) is 89.7 Å². The first kappa shape index (κ1) is 23.7. The van der Waals surface area contributed by atoms with E-state index in [2.05, 4.69) is 4.74 Å². The van der Waals surface area contributed by atoms with Crippen molar-refractivity contribution in [2.24, 2.45) is 11.7 Å². The predicted molar refractivity (Wildman–Crippen MR) is 95.2 cm³/mol. The second-order valence-electron chi connectivity index (χ2n) is 6.24. The molecule has 1 saturated heterocycles. The van der Waals surface area contributed by atoms with Crippen molar-refractivity contribution in [1.29, 1.82) is 0 Å². The number of ether oxygens (including phenoxy) is 1. The molecule has 1 fully saturated rings. The number of esters is 1. The number of benzene rings is 1. The standard InChI is InChI=1S/C16H21F3N2O4S.ClH/c1-10-4-3-7-21(14(10)9-20)26(23,24)11-5-6-12(15(22)25-2)13(8-11)16(17,18)19;/h5-6,8,10,14H,3-4,7,9,20H2,1-2H3;1H. The number of hydrogen-bond donors (Lipinski definition) is 1. The van der Waals surface area contributed by atoms with Crippen LogP contribution in [0.15, 0.2) is 23.1 Å². The summed E-state index contributed by atoms with van der Waals surface area (Å²) < 4.78 is 71.3. The van der Waals surface area contributed by atoms with Gasteiger partial charge in [0.05, 0.1) is 23.1 Å². The summed E-state index contributed by atoms with van der Waals surface area (Å²) in [5, 5.41) is 0. The van der Waals surface area contributed by atoms with E-state index in [0.29, 0.717) is 12.5 Å². The van der Waals surface area contributed by atoms with Gasteiger partial charge in [-0.15, -0.1) is 12.4 Å². The van der Waals surface area contributed by atoms with Gasteiger partial charge in [-0.1, -0.05) is 6.92 Å². The summed E-state index contributed by atoms with van der Waals surface area (Å²) in [5.74, 6) is -1.19. The fraction of sp³-hybridized carbons (Fsp3) is 0.562. The zero-order chi connectivity index (χ0) is 19.7. The van der Waals surface area contributed by atoms with Crippen LogP contribution in [0, 0.1) is 5.92 Å². The molecule has 0 spiro atoms. The van der Waals surface area contributed by atoms with Gasteiger partial charge < -0.3 is 10.5 Å². The van der Waals surface area contributed by atoms with Gasteiger partial charge in [0.1, 0.15) is 0 Å². The number of piperidine rings is 1. The molecule has 0 saturated carbocycles. The van der Waals surface area contributed by atoms with Crippen molar-refractivity contribution in [3.63, 3.8) is 0 Å². The average molecular weight is 431 g/mol. The van der Waals surface area contributed by atoms with E-state index in [9.17, 15) is 26.4 Å². The molecule has 6 nitrogen and oxygen atoms in total. The van der Waals surface area contributed by atoms with Gasteiger partial charge in [-0.25, -0.2) is 13.2 Å². The minimum Gasteiger partial charge on any atom is -0.465 e. The maximum atomic E-state index is 13.3. The maximum absolute atomic E-state index is 13.3. The van der Waals surface area contributed by atoms with Crippen LogP contribution in [0.3, 0.4) is 0 Å². The SMILES string of the molecule is COC(=O)c1ccc(S(=O)(=O)N2CCCC(C)C2CN)cc1C(F)(F)F.Cl. The monoisotopic (exact) mass is 430 g/mol. The Morgan fingerprint density at radius 3 is 2.52 bits per heavy atom. The molecular weight excluding hydrogens is 409 g/mol. The third-order valence-corrected chi connectivity index (χ3v) is 6.54. The van der Waals surface area contributed by atoms with Gasteiger partial charge in [0.2, 0.25) is 10.0 Å². The second-order valence-corrected chi connectivity index (χ2v) is 8.13. The molecule has 0 aliphatic carbocycles. The third kappa shape index (κ3) is 4.74. The Balaban J connectivity index is 0.00000364. The lowest BCUT2D eigenvalue weighted by Crippen LogP contribution is -2.51. The van der Waals surface area contributed by atoms with Crippen molar-refractivity contribution in [1.82, 2.24) is 4.31 Å². The largest absolute Gasteiger partial charge is 0.465 e.